The molecule has 0 fully saturated rings. The number of carbonyl (C=O) groups excluding carboxylic acids is 1. The van der Waals surface area contributed by atoms with Gasteiger partial charge in [0.2, 0.25) is 0 Å². The fourth-order valence-corrected chi connectivity index (χ4v) is 1.88. The minimum atomic E-state index is 0.315. The fraction of sp³-hybridized carbons (Fsp3) is 0.500. The summed E-state index contributed by atoms with van der Waals surface area (Å²) >= 11 is 0. The van der Waals surface area contributed by atoms with Gasteiger partial charge in [0.05, 0.1) is 5.69 Å². The molecule has 1 aromatic rings. The van der Waals surface area contributed by atoms with Crippen molar-refractivity contribution in [2.24, 2.45) is 7.05 Å². The molecule has 64 valence electrons. The monoisotopic (exact) mass is 163 g/mol. The number of rotatable bonds is 0. The Balaban J connectivity index is 2.49. The van der Waals surface area contributed by atoms with Crippen LogP contribution >= 0.6 is 0 Å². The van der Waals surface area contributed by atoms with Gasteiger partial charge in [0.15, 0.2) is 5.78 Å². The Morgan fingerprint density at radius 2 is 2.08 bits per heavy atom. The van der Waals surface area contributed by atoms with Crippen LogP contribution in [0.15, 0.2) is 12.3 Å². The Morgan fingerprint density at radius 3 is 2.92 bits per heavy atom. The SMILES string of the molecule is Cn1ccc2c1C(=O)CCCC2. The molecule has 0 N–H and O–H groups in total. The van der Waals surface area contributed by atoms with Crippen LogP contribution in [-0.4, -0.2) is 10.4 Å². The van der Waals surface area contributed by atoms with Gasteiger partial charge in [-0.15, -0.1) is 0 Å². The van der Waals surface area contributed by atoms with Gasteiger partial charge in [0, 0.05) is 19.7 Å². The third-order valence-electron chi connectivity index (χ3n) is 2.52. The van der Waals surface area contributed by atoms with Crippen LogP contribution in [0.4, 0.5) is 0 Å². The predicted molar refractivity (Wildman–Crippen MR) is 47.3 cm³/mol. The van der Waals surface area contributed by atoms with E-state index in [2.05, 4.69) is 6.07 Å². The van der Waals surface area contributed by atoms with Crippen molar-refractivity contribution in [3.05, 3.63) is 23.5 Å². The average Bonchev–Trinajstić information content (AvgIpc) is 2.29. The lowest BCUT2D eigenvalue weighted by Gasteiger charge is -2.00. The highest BCUT2D eigenvalue weighted by molar-refractivity contribution is 5.96. The van der Waals surface area contributed by atoms with E-state index >= 15 is 0 Å². The van der Waals surface area contributed by atoms with Gasteiger partial charge < -0.3 is 4.57 Å². The molecule has 1 aromatic heterocycles. The summed E-state index contributed by atoms with van der Waals surface area (Å²) in [5.41, 5.74) is 2.17. The van der Waals surface area contributed by atoms with Crippen LogP contribution < -0.4 is 0 Å². The van der Waals surface area contributed by atoms with E-state index < -0.39 is 0 Å². The van der Waals surface area contributed by atoms with Crippen molar-refractivity contribution < 1.29 is 4.79 Å². The van der Waals surface area contributed by atoms with E-state index in [1.807, 2.05) is 17.8 Å². The molecule has 0 saturated carbocycles. The minimum Gasteiger partial charge on any atom is -0.348 e. The first-order chi connectivity index (χ1) is 5.79. The third-order valence-corrected chi connectivity index (χ3v) is 2.52. The molecule has 0 atom stereocenters. The number of aromatic nitrogens is 1. The predicted octanol–water partition coefficient (Wildman–Crippen LogP) is 1.93. The van der Waals surface area contributed by atoms with Crippen LogP contribution in [0.1, 0.15) is 35.3 Å². The summed E-state index contributed by atoms with van der Waals surface area (Å²) in [5.74, 6) is 0.315. The first-order valence-electron chi connectivity index (χ1n) is 4.46. The van der Waals surface area contributed by atoms with Gasteiger partial charge in [-0.3, -0.25) is 4.79 Å². The second-order valence-corrected chi connectivity index (χ2v) is 3.43. The molecular weight excluding hydrogens is 150 g/mol. The highest BCUT2D eigenvalue weighted by atomic mass is 16.1. The molecule has 2 nitrogen and oxygen atoms in total. The Bertz CT molecular complexity index is 312. The lowest BCUT2D eigenvalue weighted by molar-refractivity contribution is 0.0974. The Kier molecular flexibility index (Phi) is 1.75. The summed E-state index contributed by atoms with van der Waals surface area (Å²) in [5, 5.41) is 0. The maximum absolute atomic E-state index is 11.6. The normalized spacial score (nSPS) is 17.2. The lowest BCUT2D eigenvalue weighted by atomic mass is 10.1. The summed E-state index contributed by atoms with van der Waals surface area (Å²) in [6, 6.07) is 2.07. The van der Waals surface area contributed by atoms with E-state index in [4.69, 9.17) is 0 Å². The van der Waals surface area contributed by atoms with Gasteiger partial charge in [-0.2, -0.15) is 0 Å². The zero-order valence-corrected chi connectivity index (χ0v) is 7.34. The van der Waals surface area contributed by atoms with Crippen LogP contribution in [0.5, 0.6) is 0 Å². The van der Waals surface area contributed by atoms with E-state index in [0.29, 0.717) is 5.78 Å². The number of aryl methyl sites for hydroxylation is 2. The van der Waals surface area contributed by atoms with Crippen LogP contribution in [0.2, 0.25) is 0 Å². The van der Waals surface area contributed by atoms with Gasteiger partial charge in [0.25, 0.3) is 0 Å². The average molecular weight is 163 g/mol. The lowest BCUT2D eigenvalue weighted by Crippen LogP contribution is -2.05. The minimum absolute atomic E-state index is 0.315. The molecule has 2 heteroatoms. The highest BCUT2D eigenvalue weighted by Crippen LogP contribution is 2.20. The first kappa shape index (κ1) is 7.59. The second-order valence-electron chi connectivity index (χ2n) is 3.43. The summed E-state index contributed by atoms with van der Waals surface area (Å²) in [7, 11) is 1.95. The Hall–Kier alpha value is -1.05. The van der Waals surface area contributed by atoms with E-state index in [-0.39, 0.29) is 0 Å². The van der Waals surface area contributed by atoms with Crippen molar-refractivity contribution >= 4 is 5.78 Å². The second kappa shape index (κ2) is 2.77. The summed E-state index contributed by atoms with van der Waals surface area (Å²) in [4.78, 5) is 11.6. The van der Waals surface area contributed by atoms with Crippen molar-refractivity contribution in [1.82, 2.24) is 4.57 Å². The number of fused-ring (bicyclic) bond motifs is 1. The molecule has 0 saturated heterocycles. The molecule has 0 radical (unpaired) electrons. The van der Waals surface area contributed by atoms with Crippen LogP contribution in [0, 0.1) is 0 Å². The number of ketones is 1. The Morgan fingerprint density at radius 1 is 1.33 bits per heavy atom. The quantitative estimate of drug-likeness (QED) is 0.536. The van der Waals surface area contributed by atoms with Crippen molar-refractivity contribution in [2.45, 2.75) is 25.7 Å². The maximum Gasteiger partial charge on any atom is 0.179 e. The van der Waals surface area contributed by atoms with Gasteiger partial charge in [-0.05, 0) is 30.9 Å². The summed E-state index contributed by atoms with van der Waals surface area (Å²) < 4.78 is 1.95. The summed E-state index contributed by atoms with van der Waals surface area (Å²) in [6.07, 6.45) is 5.98. The smallest absolute Gasteiger partial charge is 0.179 e. The molecule has 0 unspecified atom stereocenters. The van der Waals surface area contributed by atoms with Crippen LogP contribution in [-0.2, 0) is 13.5 Å². The number of hydrogen-bond donors (Lipinski definition) is 0. The van der Waals surface area contributed by atoms with Crippen molar-refractivity contribution in [3.8, 4) is 0 Å². The maximum atomic E-state index is 11.6. The van der Waals surface area contributed by atoms with E-state index in [1.54, 1.807) is 0 Å². The number of nitrogens with zero attached hydrogens (tertiary/aromatic N) is 1. The third kappa shape index (κ3) is 1.07. The fourth-order valence-electron chi connectivity index (χ4n) is 1.88. The van der Waals surface area contributed by atoms with Crippen LogP contribution in [0.25, 0.3) is 0 Å². The Labute approximate surface area is 72.2 Å². The topological polar surface area (TPSA) is 22.0 Å². The molecule has 1 aliphatic carbocycles. The van der Waals surface area contributed by atoms with Crippen molar-refractivity contribution in [2.75, 3.05) is 0 Å². The van der Waals surface area contributed by atoms with Crippen molar-refractivity contribution in [1.29, 1.82) is 0 Å². The number of carbonyl (C=O) groups is 1. The van der Waals surface area contributed by atoms with E-state index in [0.717, 1.165) is 31.4 Å². The molecule has 2 rings (SSSR count). The molecule has 0 spiro atoms. The molecule has 0 amide bonds. The van der Waals surface area contributed by atoms with Crippen LogP contribution in [0.3, 0.4) is 0 Å². The molecule has 0 aromatic carbocycles. The molecule has 0 bridgehead atoms. The molecule has 1 heterocycles. The molecule has 1 aliphatic rings. The van der Waals surface area contributed by atoms with Gasteiger partial charge in [0.1, 0.15) is 0 Å². The standard InChI is InChI=1S/C10H13NO/c1-11-7-6-8-4-2-3-5-9(12)10(8)11/h6-7H,2-5H2,1H3. The van der Waals surface area contributed by atoms with Gasteiger partial charge >= 0.3 is 0 Å². The zero-order chi connectivity index (χ0) is 8.55. The summed E-state index contributed by atoms with van der Waals surface area (Å²) in [6.45, 7) is 0. The molecular formula is C10H13NO. The van der Waals surface area contributed by atoms with E-state index in [1.165, 1.54) is 5.56 Å². The first-order valence-corrected chi connectivity index (χ1v) is 4.46. The highest BCUT2D eigenvalue weighted by Gasteiger charge is 2.17. The number of hydrogen-bond acceptors (Lipinski definition) is 1. The largest absolute Gasteiger partial charge is 0.348 e. The van der Waals surface area contributed by atoms with E-state index in [9.17, 15) is 4.79 Å². The van der Waals surface area contributed by atoms with Gasteiger partial charge in [-0.1, -0.05) is 0 Å². The zero-order valence-electron chi connectivity index (χ0n) is 7.34. The van der Waals surface area contributed by atoms with Crippen molar-refractivity contribution in [3.63, 3.8) is 0 Å². The molecule has 0 aliphatic heterocycles. The number of Topliss-reactive ketones (excluding diaryl/α,β-unsaturated/α-hetero) is 1. The van der Waals surface area contributed by atoms with Gasteiger partial charge in [-0.25, -0.2) is 0 Å². The molecule has 12 heavy (non-hydrogen) atoms.